The molecule has 0 aromatic carbocycles. The molecule has 92 valence electrons. The van der Waals surface area contributed by atoms with Crippen molar-refractivity contribution < 1.29 is 4.79 Å². The van der Waals surface area contributed by atoms with Crippen LogP contribution in [0.4, 0.5) is 0 Å². The normalized spacial score (nSPS) is 23.6. The first-order valence-corrected chi connectivity index (χ1v) is 7.39. The van der Waals surface area contributed by atoms with E-state index in [4.69, 9.17) is 0 Å². The average Bonchev–Trinajstić information content (AvgIpc) is 2.72. The van der Waals surface area contributed by atoms with Gasteiger partial charge in [-0.3, -0.25) is 9.78 Å². The first-order valence-electron chi connectivity index (χ1n) is 5.68. The number of halogens is 2. The summed E-state index contributed by atoms with van der Waals surface area (Å²) in [5.41, 5.74) is 0.604. The summed E-state index contributed by atoms with van der Waals surface area (Å²) in [6.45, 7) is 0.757. The van der Waals surface area contributed by atoms with Gasteiger partial charge >= 0.3 is 0 Å². The quantitative estimate of drug-likeness (QED) is 0.840. The number of alkyl halides is 1. The van der Waals surface area contributed by atoms with Gasteiger partial charge in [0.2, 0.25) is 0 Å². The molecule has 0 aliphatic heterocycles. The summed E-state index contributed by atoms with van der Waals surface area (Å²) in [5.74, 6) is 0.556. The molecule has 2 unspecified atom stereocenters. The molecule has 1 aromatic heterocycles. The molecule has 1 aromatic rings. The Morgan fingerprint density at radius 2 is 2.29 bits per heavy atom. The van der Waals surface area contributed by atoms with Crippen LogP contribution in [0.1, 0.15) is 29.6 Å². The zero-order chi connectivity index (χ0) is 12.3. The number of carbonyl (C=O) groups is 1. The van der Waals surface area contributed by atoms with Crippen LogP contribution in [0.3, 0.4) is 0 Å². The molecule has 0 saturated heterocycles. The number of hydrogen-bond donors (Lipinski definition) is 1. The highest BCUT2D eigenvalue weighted by Crippen LogP contribution is 2.30. The maximum Gasteiger partial charge on any atom is 0.252 e. The van der Waals surface area contributed by atoms with Gasteiger partial charge in [-0.1, -0.05) is 15.9 Å². The zero-order valence-electron chi connectivity index (χ0n) is 9.33. The Bertz CT molecular complexity index is 411. The first kappa shape index (κ1) is 13.0. The second-order valence-corrected chi connectivity index (χ2v) is 6.59. The fraction of sp³-hybridized carbons (Fsp3) is 0.500. The van der Waals surface area contributed by atoms with Crippen LogP contribution in [-0.2, 0) is 0 Å². The molecule has 5 heteroatoms. The van der Waals surface area contributed by atoms with Gasteiger partial charge in [0.15, 0.2) is 0 Å². The molecule has 3 nitrogen and oxygen atoms in total. The van der Waals surface area contributed by atoms with E-state index in [-0.39, 0.29) is 5.91 Å². The van der Waals surface area contributed by atoms with E-state index >= 15 is 0 Å². The molecular formula is C12H14Br2N2O. The van der Waals surface area contributed by atoms with Gasteiger partial charge in [0.05, 0.1) is 5.56 Å². The van der Waals surface area contributed by atoms with Crippen LogP contribution in [0, 0.1) is 5.92 Å². The number of hydrogen-bond acceptors (Lipinski definition) is 2. The Labute approximate surface area is 118 Å². The molecule has 2 atom stereocenters. The Balaban J connectivity index is 1.85. The number of nitrogens with one attached hydrogen (secondary N) is 1. The number of carbonyl (C=O) groups excluding carboxylic acids is 1. The molecule has 0 spiro atoms. The molecule has 17 heavy (non-hydrogen) atoms. The predicted molar refractivity (Wildman–Crippen MR) is 74.3 cm³/mol. The average molecular weight is 362 g/mol. The first-order chi connectivity index (χ1) is 8.15. The minimum Gasteiger partial charge on any atom is -0.352 e. The molecule has 0 radical (unpaired) electrons. The van der Waals surface area contributed by atoms with E-state index in [9.17, 15) is 4.79 Å². The molecule has 1 heterocycles. The lowest BCUT2D eigenvalue weighted by Crippen LogP contribution is -2.28. The highest BCUT2D eigenvalue weighted by Gasteiger charge is 2.22. The fourth-order valence-electron chi connectivity index (χ4n) is 2.07. The van der Waals surface area contributed by atoms with E-state index in [2.05, 4.69) is 42.2 Å². The fourth-order valence-corrected chi connectivity index (χ4v) is 3.23. The third-order valence-electron chi connectivity index (χ3n) is 3.00. The lowest BCUT2D eigenvalue weighted by molar-refractivity contribution is 0.0947. The summed E-state index contributed by atoms with van der Waals surface area (Å²) < 4.78 is 0.825. The van der Waals surface area contributed by atoms with Gasteiger partial charge in [0.1, 0.15) is 0 Å². The van der Waals surface area contributed by atoms with Crippen molar-refractivity contribution in [3.05, 3.63) is 28.5 Å². The second-order valence-electron chi connectivity index (χ2n) is 4.38. The Kier molecular flexibility index (Phi) is 4.56. The minimum atomic E-state index is -0.0446. The molecular weight excluding hydrogens is 348 g/mol. The number of rotatable bonds is 3. The minimum absolute atomic E-state index is 0.0446. The van der Waals surface area contributed by atoms with Crippen LogP contribution in [0.2, 0.25) is 0 Å². The Morgan fingerprint density at radius 3 is 2.94 bits per heavy atom. The summed E-state index contributed by atoms with van der Waals surface area (Å²) in [4.78, 5) is 16.5. The predicted octanol–water partition coefficient (Wildman–Crippen LogP) is 3.14. The monoisotopic (exact) mass is 360 g/mol. The van der Waals surface area contributed by atoms with Crippen molar-refractivity contribution in [1.29, 1.82) is 0 Å². The summed E-state index contributed by atoms with van der Waals surface area (Å²) in [5, 5.41) is 2.97. The van der Waals surface area contributed by atoms with Crippen molar-refractivity contribution in [2.75, 3.05) is 6.54 Å². The van der Waals surface area contributed by atoms with Crippen LogP contribution < -0.4 is 5.32 Å². The van der Waals surface area contributed by atoms with Crippen molar-refractivity contribution in [3.63, 3.8) is 0 Å². The van der Waals surface area contributed by atoms with Crippen LogP contribution >= 0.6 is 31.9 Å². The van der Waals surface area contributed by atoms with Crippen LogP contribution in [0.25, 0.3) is 0 Å². The highest BCUT2D eigenvalue weighted by molar-refractivity contribution is 9.10. The number of nitrogens with zero attached hydrogens (tertiary/aromatic N) is 1. The largest absolute Gasteiger partial charge is 0.352 e. The van der Waals surface area contributed by atoms with E-state index < -0.39 is 0 Å². The lowest BCUT2D eigenvalue weighted by atomic mass is 10.1. The van der Waals surface area contributed by atoms with E-state index in [1.165, 1.54) is 12.8 Å². The summed E-state index contributed by atoms with van der Waals surface area (Å²) in [7, 11) is 0. The molecule has 1 aliphatic rings. The molecule has 2 rings (SSSR count). The Morgan fingerprint density at radius 1 is 1.47 bits per heavy atom. The van der Waals surface area contributed by atoms with E-state index in [0.29, 0.717) is 16.3 Å². The van der Waals surface area contributed by atoms with Gasteiger partial charge in [-0.15, -0.1) is 0 Å². The topological polar surface area (TPSA) is 42.0 Å². The van der Waals surface area contributed by atoms with Crippen LogP contribution in [-0.4, -0.2) is 22.3 Å². The van der Waals surface area contributed by atoms with E-state index in [0.717, 1.165) is 17.4 Å². The van der Waals surface area contributed by atoms with E-state index in [1.54, 1.807) is 18.5 Å². The molecule has 1 saturated carbocycles. The van der Waals surface area contributed by atoms with E-state index in [1.807, 2.05) is 0 Å². The third kappa shape index (κ3) is 3.78. The van der Waals surface area contributed by atoms with Gasteiger partial charge in [-0.2, -0.15) is 0 Å². The summed E-state index contributed by atoms with van der Waals surface area (Å²) >= 11 is 6.92. The van der Waals surface area contributed by atoms with Crippen molar-refractivity contribution in [1.82, 2.24) is 10.3 Å². The SMILES string of the molecule is O=C(NCC1CCC(Br)C1)c1cncc(Br)c1. The molecule has 1 amide bonds. The van der Waals surface area contributed by atoms with Crippen molar-refractivity contribution in [2.24, 2.45) is 5.92 Å². The van der Waals surface area contributed by atoms with Gasteiger partial charge in [0, 0.05) is 28.2 Å². The van der Waals surface area contributed by atoms with Gasteiger partial charge in [-0.05, 0) is 47.2 Å². The zero-order valence-corrected chi connectivity index (χ0v) is 12.5. The summed E-state index contributed by atoms with van der Waals surface area (Å²) in [6.07, 6.45) is 6.80. The van der Waals surface area contributed by atoms with Crippen LogP contribution in [0.15, 0.2) is 22.9 Å². The maximum atomic E-state index is 11.9. The molecule has 1 aliphatic carbocycles. The second kappa shape index (κ2) is 5.96. The summed E-state index contributed by atoms with van der Waals surface area (Å²) in [6, 6.07) is 1.78. The Hall–Kier alpha value is -0.420. The lowest BCUT2D eigenvalue weighted by Gasteiger charge is -2.10. The molecule has 1 N–H and O–H groups in total. The number of amides is 1. The van der Waals surface area contributed by atoms with Crippen LogP contribution in [0.5, 0.6) is 0 Å². The molecule has 0 bridgehead atoms. The third-order valence-corrected chi connectivity index (χ3v) is 4.26. The highest BCUT2D eigenvalue weighted by atomic mass is 79.9. The van der Waals surface area contributed by atoms with Gasteiger partial charge in [0.25, 0.3) is 5.91 Å². The number of pyridine rings is 1. The van der Waals surface area contributed by atoms with Gasteiger partial charge in [-0.25, -0.2) is 0 Å². The smallest absolute Gasteiger partial charge is 0.252 e. The standard InChI is InChI=1S/C12H14Br2N2O/c13-10-2-1-8(3-10)5-16-12(17)9-4-11(14)7-15-6-9/h4,6-8,10H,1-3,5H2,(H,16,17). The van der Waals surface area contributed by atoms with Crippen molar-refractivity contribution in [2.45, 2.75) is 24.1 Å². The van der Waals surface area contributed by atoms with Gasteiger partial charge < -0.3 is 5.32 Å². The number of aromatic nitrogens is 1. The maximum absolute atomic E-state index is 11.9. The molecule has 1 fully saturated rings. The van der Waals surface area contributed by atoms with Crippen molar-refractivity contribution in [3.8, 4) is 0 Å². The van der Waals surface area contributed by atoms with Crippen molar-refractivity contribution >= 4 is 37.8 Å².